The highest BCUT2D eigenvalue weighted by Crippen LogP contribution is 2.22. The highest BCUT2D eigenvalue weighted by molar-refractivity contribution is 5.40. The first kappa shape index (κ1) is 14.3. The van der Waals surface area contributed by atoms with Crippen molar-refractivity contribution in [2.45, 2.75) is 25.3 Å². The molecule has 1 aliphatic heterocycles. The van der Waals surface area contributed by atoms with Crippen molar-refractivity contribution < 1.29 is 0 Å². The van der Waals surface area contributed by atoms with Gasteiger partial charge in [-0.3, -0.25) is 9.59 Å². The molecule has 1 saturated heterocycles. The van der Waals surface area contributed by atoms with E-state index in [9.17, 15) is 9.59 Å². The predicted octanol–water partition coefficient (Wildman–Crippen LogP) is 0.324. The number of piperidine rings is 1. The van der Waals surface area contributed by atoms with Gasteiger partial charge in [0.1, 0.15) is 5.82 Å². The largest absolute Gasteiger partial charge is 0.363 e. The first-order valence-electron chi connectivity index (χ1n) is 7.34. The minimum absolute atomic E-state index is 0.202. The highest BCUT2D eigenvalue weighted by Gasteiger charge is 2.23. The van der Waals surface area contributed by atoms with Crippen molar-refractivity contribution in [2.24, 2.45) is 0 Å². The fourth-order valence-electron chi connectivity index (χ4n) is 2.70. The van der Waals surface area contributed by atoms with Crippen LogP contribution in [0, 0.1) is 0 Å². The van der Waals surface area contributed by atoms with E-state index < -0.39 is 0 Å². The van der Waals surface area contributed by atoms with E-state index in [2.05, 4.69) is 30.4 Å². The SMILES string of the molecule is O=c1ccc(N2CCCCC2CNc2ncc[nH]c2=O)n[nH]1. The van der Waals surface area contributed by atoms with Gasteiger partial charge in [-0.2, -0.15) is 5.10 Å². The number of hydrogen-bond acceptors (Lipinski definition) is 6. The zero-order valence-electron chi connectivity index (χ0n) is 12.1. The Kier molecular flexibility index (Phi) is 4.17. The average Bonchev–Trinajstić information content (AvgIpc) is 2.55. The van der Waals surface area contributed by atoms with Gasteiger partial charge in [-0.1, -0.05) is 0 Å². The summed E-state index contributed by atoms with van der Waals surface area (Å²) in [4.78, 5) is 31.6. The average molecular weight is 302 g/mol. The van der Waals surface area contributed by atoms with Crippen LogP contribution in [-0.4, -0.2) is 39.3 Å². The van der Waals surface area contributed by atoms with E-state index in [1.54, 1.807) is 12.3 Å². The number of nitrogens with zero attached hydrogens (tertiary/aromatic N) is 3. The summed E-state index contributed by atoms with van der Waals surface area (Å²) in [5.74, 6) is 1.07. The van der Waals surface area contributed by atoms with E-state index >= 15 is 0 Å². The van der Waals surface area contributed by atoms with E-state index in [1.165, 1.54) is 12.3 Å². The molecular formula is C14H18N6O2. The lowest BCUT2D eigenvalue weighted by Crippen LogP contribution is -2.45. The molecule has 0 radical (unpaired) electrons. The van der Waals surface area contributed by atoms with Crippen molar-refractivity contribution in [3.05, 3.63) is 45.2 Å². The van der Waals surface area contributed by atoms with E-state index in [0.29, 0.717) is 12.4 Å². The molecule has 2 aromatic heterocycles. The number of aromatic amines is 2. The summed E-state index contributed by atoms with van der Waals surface area (Å²) < 4.78 is 0. The monoisotopic (exact) mass is 302 g/mol. The highest BCUT2D eigenvalue weighted by atomic mass is 16.1. The first-order valence-corrected chi connectivity index (χ1v) is 7.34. The summed E-state index contributed by atoms with van der Waals surface area (Å²) in [7, 11) is 0. The Morgan fingerprint density at radius 1 is 1.32 bits per heavy atom. The number of nitrogens with one attached hydrogen (secondary N) is 3. The fraction of sp³-hybridized carbons (Fsp3) is 0.429. The maximum absolute atomic E-state index is 11.6. The van der Waals surface area contributed by atoms with Crippen LogP contribution >= 0.6 is 0 Å². The lowest BCUT2D eigenvalue weighted by atomic mass is 10.0. The lowest BCUT2D eigenvalue weighted by molar-refractivity contribution is 0.467. The van der Waals surface area contributed by atoms with E-state index in [0.717, 1.165) is 31.6 Å². The topological polar surface area (TPSA) is 107 Å². The Balaban J connectivity index is 1.73. The van der Waals surface area contributed by atoms with Crippen molar-refractivity contribution in [3.63, 3.8) is 0 Å². The maximum atomic E-state index is 11.6. The maximum Gasteiger partial charge on any atom is 0.290 e. The van der Waals surface area contributed by atoms with Gasteiger partial charge in [0.15, 0.2) is 5.82 Å². The third-order valence-corrected chi connectivity index (χ3v) is 3.80. The predicted molar refractivity (Wildman–Crippen MR) is 83.2 cm³/mol. The molecule has 8 heteroatoms. The molecule has 0 bridgehead atoms. The molecule has 3 rings (SSSR count). The number of hydrogen-bond donors (Lipinski definition) is 3. The zero-order chi connectivity index (χ0) is 15.4. The van der Waals surface area contributed by atoms with Gasteiger partial charge in [0, 0.05) is 37.6 Å². The summed E-state index contributed by atoms with van der Waals surface area (Å²) in [5, 5.41) is 9.67. The number of anilines is 2. The molecule has 1 fully saturated rings. The molecule has 116 valence electrons. The summed E-state index contributed by atoms with van der Waals surface area (Å²) in [5.41, 5.74) is -0.442. The van der Waals surface area contributed by atoms with Gasteiger partial charge in [-0.15, -0.1) is 0 Å². The smallest absolute Gasteiger partial charge is 0.290 e. The molecule has 0 saturated carbocycles. The molecule has 1 atom stereocenters. The van der Waals surface area contributed by atoms with Crippen LogP contribution < -0.4 is 21.3 Å². The van der Waals surface area contributed by atoms with Crippen LogP contribution in [0.1, 0.15) is 19.3 Å². The van der Waals surface area contributed by atoms with Crippen LogP contribution in [-0.2, 0) is 0 Å². The van der Waals surface area contributed by atoms with Crippen LogP contribution in [0.25, 0.3) is 0 Å². The Morgan fingerprint density at radius 3 is 3.00 bits per heavy atom. The van der Waals surface area contributed by atoms with Gasteiger partial charge in [-0.25, -0.2) is 10.1 Å². The molecule has 0 spiro atoms. The molecule has 0 amide bonds. The molecule has 3 N–H and O–H groups in total. The summed E-state index contributed by atoms with van der Waals surface area (Å²) >= 11 is 0. The summed E-state index contributed by atoms with van der Waals surface area (Å²) in [6.45, 7) is 1.48. The minimum Gasteiger partial charge on any atom is -0.363 e. The van der Waals surface area contributed by atoms with Crippen molar-refractivity contribution in [1.82, 2.24) is 20.2 Å². The fourth-order valence-corrected chi connectivity index (χ4v) is 2.70. The lowest BCUT2D eigenvalue weighted by Gasteiger charge is -2.36. The van der Waals surface area contributed by atoms with Gasteiger partial charge in [0.05, 0.1) is 0 Å². The van der Waals surface area contributed by atoms with Crippen LogP contribution in [0.3, 0.4) is 0 Å². The normalized spacial score (nSPS) is 18.2. The van der Waals surface area contributed by atoms with Gasteiger partial charge < -0.3 is 15.2 Å². The molecule has 0 aliphatic carbocycles. The van der Waals surface area contributed by atoms with Gasteiger partial charge in [-0.05, 0) is 25.3 Å². The third-order valence-electron chi connectivity index (χ3n) is 3.80. The first-order chi connectivity index (χ1) is 10.7. The minimum atomic E-state index is -0.230. The Morgan fingerprint density at radius 2 is 2.23 bits per heavy atom. The molecule has 22 heavy (non-hydrogen) atoms. The Labute approximate surface area is 126 Å². The van der Waals surface area contributed by atoms with Crippen LogP contribution in [0.4, 0.5) is 11.6 Å². The quantitative estimate of drug-likeness (QED) is 0.751. The van der Waals surface area contributed by atoms with Crippen LogP contribution in [0.2, 0.25) is 0 Å². The van der Waals surface area contributed by atoms with Crippen LogP contribution in [0.15, 0.2) is 34.1 Å². The molecule has 2 aromatic rings. The van der Waals surface area contributed by atoms with Gasteiger partial charge >= 0.3 is 0 Å². The zero-order valence-corrected chi connectivity index (χ0v) is 12.1. The molecule has 1 unspecified atom stereocenters. The second-order valence-corrected chi connectivity index (χ2v) is 5.27. The van der Waals surface area contributed by atoms with Gasteiger partial charge in [0.25, 0.3) is 11.1 Å². The number of rotatable bonds is 4. The Hall–Kier alpha value is -2.64. The molecule has 1 aliphatic rings. The second kappa shape index (κ2) is 6.42. The molecule has 0 aromatic carbocycles. The van der Waals surface area contributed by atoms with Crippen molar-refractivity contribution in [3.8, 4) is 0 Å². The van der Waals surface area contributed by atoms with E-state index in [1.807, 2.05) is 0 Å². The van der Waals surface area contributed by atoms with Crippen LogP contribution in [0.5, 0.6) is 0 Å². The van der Waals surface area contributed by atoms with Gasteiger partial charge in [0.2, 0.25) is 0 Å². The number of H-pyrrole nitrogens is 2. The van der Waals surface area contributed by atoms with Crippen molar-refractivity contribution in [2.75, 3.05) is 23.3 Å². The standard InChI is InChI=1S/C14H18N6O2/c21-12-5-4-11(18-19-12)20-8-2-1-3-10(20)9-17-13-14(22)16-7-6-15-13/h4-7,10H,1-3,8-9H2,(H,15,17)(H,16,22)(H,19,21). The second-order valence-electron chi connectivity index (χ2n) is 5.27. The molecule has 3 heterocycles. The Bertz CT molecular complexity index is 720. The van der Waals surface area contributed by atoms with E-state index in [-0.39, 0.29) is 17.2 Å². The van der Waals surface area contributed by atoms with Crippen molar-refractivity contribution >= 4 is 11.6 Å². The summed E-state index contributed by atoms with van der Waals surface area (Å²) in [6, 6.07) is 3.41. The number of aromatic nitrogens is 4. The van der Waals surface area contributed by atoms with Crippen molar-refractivity contribution in [1.29, 1.82) is 0 Å². The van der Waals surface area contributed by atoms with E-state index in [4.69, 9.17) is 0 Å². The molecule has 8 nitrogen and oxygen atoms in total. The summed E-state index contributed by atoms with van der Waals surface area (Å²) in [6.07, 6.45) is 6.27. The third kappa shape index (κ3) is 3.16. The molecular weight excluding hydrogens is 284 g/mol.